The number of nitrogens with zero attached hydrogens (tertiary/aromatic N) is 3. The molecule has 0 aliphatic heterocycles. The van der Waals surface area contributed by atoms with Gasteiger partial charge in [0.25, 0.3) is 0 Å². The number of methoxy groups -OCH3 is 1. The van der Waals surface area contributed by atoms with Gasteiger partial charge in [0, 0.05) is 22.8 Å². The maximum atomic E-state index is 12.6. The van der Waals surface area contributed by atoms with Crippen LogP contribution in [0.1, 0.15) is 17.0 Å². The van der Waals surface area contributed by atoms with Gasteiger partial charge in [0.2, 0.25) is 5.91 Å². The number of hydrogen-bond donors (Lipinski definition) is 1. The van der Waals surface area contributed by atoms with Crippen molar-refractivity contribution in [3.63, 3.8) is 0 Å². The fraction of sp³-hybridized carbons (Fsp3) is 0.160. The third-order valence-corrected chi connectivity index (χ3v) is 6.45. The number of carbonyl (C=O) groups excluding carboxylic acids is 1. The van der Waals surface area contributed by atoms with Gasteiger partial charge in [-0.2, -0.15) is 0 Å². The van der Waals surface area contributed by atoms with Gasteiger partial charge in [-0.1, -0.05) is 59.8 Å². The molecule has 0 radical (unpaired) electrons. The SMILES string of the molecule is COc1ccc(-n2c(Cc3ccccc3)nnc2SCC(=O)Nc2cccc(Cl)c2C)cc1. The van der Waals surface area contributed by atoms with Crippen LogP contribution in [0.15, 0.2) is 78.0 Å². The average Bonchev–Trinajstić information content (AvgIpc) is 3.23. The number of carbonyl (C=O) groups is 1. The topological polar surface area (TPSA) is 69.0 Å². The molecule has 0 atom stereocenters. The van der Waals surface area contributed by atoms with Gasteiger partial charge in [0.1, 0.15) is 11.6 Å². The van der Waals surface area contributed by atoms with Crippen molar-refractivity contribution in [2.45, 2.75) is 18.5 Å². The first-order valence-electron chi connectivity index (χ1n) is 10.4. The van der Waals surface area contributed by atoms with Crippen molar-refractivity contribution in [2.24, 2.45) is 0 Å². The maximum Gasteiger partial charge on any atom is 0.234 e. The summed E-state index contributed by atoms with van der Waals surface area (Å²) in [6.07, 6.45) is 0.619. The van der Waals surface area contributed by atoms with Crippen molar-refractivity contribution in [3.05, 3.63) is 94.8 Å². The summed E-state index contributed by atoms with van der Waals surface area (Å²) in [5.41, 5.74) is 3.57. The molecule has 3 aromatic carbocycles. The van der Waals surface area contributed by atoms with Crippen LogP contribution < -0.4 is 10.1 Å². The van der Waals surface area contributed by atoms with E-state index in [1.54, 1.807) is 13.2 Å². The van der Waals surface area contributed by atoms with Crippen molar-refractivity contribution >= 4 is 35.0 Å². The first-order valence-corrected chi connectivity index (χ1v) is 11.7. The van der Waals surface area contributed by atoms with Gasteiger partial charge >= 0.3 is 0 Å². The van der Waals surface area contributed by atoms with Gasteiger partial charge in [-0.3, -0.25) is 9.36 Å². The molecule has 4 rings (SSSR count). The monoisotopic (exact) mass is 478 g/mol. The van der Waals surface area contributed by atoms with Crippen LogP contribution in [-0.2, 0) is 11.2 Å². The first-order chi connectivity index (χ1) is 16.0. The van der Waals surface area contributed by atoms with Crippen LogP contribution in [0.3, 0.4) is 0 Å². The number of hydrogen-bond acceptors (Lipinski definition) is 5. The highest BCUT2D eigenvalue weighted by Gasteiger charge is 2.17. The molecule has 1 heterocycles. The van der Waals surface area contributed by atoms with Crippen molar-refractivity contribution in [1.29, 1.82) is 0 Å². The number of anilines is 1. The van der Waals surface area contributed by atoms with E-state index in [1.165, 1.54) is 11.8 Å². The molecule has 0 saturated heterocycles. The summed E-state index contributed by atoms with van der Waals surface area (Å²) in [6, 6.07) is 23.2. The Morgan fingerprint density at radius 3 is 2.52 bits per heavy atom. The third kappa shape index (κ3) is 5.56. The van der Waals surface area contributed by atoms with Crippen molar-refractivity contribution < 1.29 is 9.53 Å². The molecule has 0 aliphatic carbocycles. The standard InChI is InChI=1S/C25H23ClN4O2S/c1-17-21(26)9-6-10-22(17)27-24(31)16-33-25-29-28-23(15-18-7-4-3-5-8-18)30(25)19-11-13-20(32-2)14-12-19/h3-14H,15-16H2,1-2H3,(H,27,31). The molecule has 1 aromatic heterocycles. The highest BCUT2D eigenvalue weighted by Crippen LogP contribution is 2.26. The Labute approximate surface area is 202 Å². The summed E-state index contributed by atoms with van der Waals surface area (Å²) >= 11 is 7.50. The molecule has 0 spiro atoms. The van der Waals surface area contributed by atoms with E-state index in [1.807, 2.05) is 66.1 Å². The Bertz CT molecular complexity index is 1240. The minimum atomic E-state index is -0.140. The molecule has 0 fully saturated rings. The number of aromatic nitrogens is 3. The molecule has 1 N–H and O–H groups in total. The Balaban J connectivity index is 1.56. The van der Waals surface area contributed by atoms with Crippen LogP contribution in [0.4, 0.5) is 5.69 Å². The summed E-state index contributed by atoms with van der Waals surface area (Å²) in [4.78, 5) is 12.6. The molecule has 8 heteroatoms. The summed E-state index contributed by atoms with van der Waals surface area (Å²) in [6.45, 7) is 1.88. The zero-order valence-corrected chi connectivity index (χ0v) is 19.9. The van der Waals surface area contributed by atoms with Crippen molar-refractivity contribution in [2.75, 3.05) is 18.2 Å². The quantitative estimate of drug-likeness (QED) is 0.336. The number of ether oxygens (including phenoxy) is 1. The number of thioether (sulfide) groups is 1. The highest BCUT2D eigenvalue weighted by atomic mass is 35.5. The molecular formula is C25H23ClN4O2S. The Hall–Kier alpha value is -3.29. The van der Waals surface area contributed by atoms with E-state index < -0.39 is 0 Å². The lowest BCUT2D eigenvalue weighted by Crippen LogP contribution is -2.15. The minimum absolute atomic E-state index is 0.140. The molecule has 1 amide bonds. The lowest BCUT2D eigenvalue weighted by atomic mass is 10.1. The second kappa shape index (κ2) is 10.6. The van der Waals surface area contributed by atoms with Crippen LogP contribution in [0.2, 0.25) is 5.02 Å². The van der Waals surface area contributed by atoms with Gasteiger partial charge in [-0.25, -0.2) is 0 Å². The number of benzene rings is 3. The van der Waals surface area contributed by atoms with Crippen molar-refractivity contribution in [3.8, 4) is 11.4 Å². The molecule has 6 nitrogen and oxygen atoms in total. The van der Waals surface area contributed by atoms with Gasteiger partial charge in [-0.05, 0) is 54.4 Å². The lowest BCUT2D eigenvalue weighted by Gasteiger charge is -2.12. The van der Waals surface area contributed by atoms with Crippen LogP contribution in [0.5, 0.6) is 5.75 Å². The largest absolute Gasteiger partial charge is 0.497 e. The van der Waals surface area contributed by atoms with Crippen molar-refractivity contribution in [1.82, 2.24) is 14.8 Å². The van der Waals surface area contributed by atoms with E-state index in [-0.39, 0.29) is 11.7 Å². The Kier molecular flexibility index (Phi) is 7.32. The maximum absolute atomic E-state index is 12.6. The summed E-state index contributed by atoms with van der Waals surface area (Å²) < 4.78 is 7.27. The molecular weight excluding hydrogens is 456 g/mol. The molecule has 4 aromatic rings. The number of rotatable bonds is 8. The molecule has 0 unspecified atom stereocenters. The van der Waals surface area contributed by atoms with E-state index in [2.05, 4.69) is 27.6 Å². The second-order valence-electron chi connectivity index (χ2n) is 7.34. The molecule has 33 heavy (non-hydrogen) atoms. The van der Waals surface area contributed by atoms with Gasteiger partial charge in [0.15, 0.2) is 5.16 Å². The second-order valence-corrected chi connectivity index (χ2v) is 8.69. The normalized spacial score (nSPS) is 10.8. The summed E-state index contributed by atoms with van der Waals surface area (Å²) in [7, 11) is 1.64. The van der Waals surface area contributed by atoms with Crippen LogP contribution in [-0.4, -0.2) is 33.5 Å². The van der Waals surface area contributed by atoms with Crippen LogP contribution in [0.25, 0.3) is 5.69 Å². The fourth-order valence-corrected chi connectivity index (χ4v) is 4.28. The fourth-order valence-electron chi connectivity index (χ4n) is 3.34. The first kappa shape index (κ1) is 22.9. The zero-order valence-electron chi connectivity index (χ0n) is 18.3. The van der Waals surface area contributed by atoms with E-state index >= 15 is 0 Å². The van der Waals surface area contributed by atoms with Crippen LogP contribution in [0, 0.1) is 6.92 Å². The predicted octanol–water partition coefficient (Wildman–Crippen LogP) is 5.56. The third-order valence-electron chi connectivity index (χ3n) is 5.11. The van der Waals surface area contributed by atoms with E-state index in [0.29, 0.717) is 22.3 Å². The molecule has 0 aliphatic rings. The Morgan fingerprint density at radius 1 is 1.03 bits per heavy atom. The van der Waals surface area contributed by atoms with Crippen LogP contribution >= 0.6 is 23.4 Å². The predicted molar refractivity (Wildman–Crippen MR) is 133 cm³/mol. The van der Waals surface area contributed by atoms with E-state index in [9.17, 15) is 4.79 Å². The van der Waals surface area contributed by atoms with Gasteiger partial charge in [-0.15, -0.1) is 10.2 Å². The number of amides is 1. The number of nitrogens with one attached hydrogen (secondary N) is 1. The molecule has 0 bridgehead atoms. The summed E-state index contributed by atoms with van der Waals surface area (Å²) in [5.74, 6) is 1.60. The lowest BCUT2D eigenvalue weighted by molar-refractivity contribution is -0.113. The average molecular weight is 479 g/mol. The molecule has 168 valence electrons. The smallest absolute Gasteiger partial charge is 0.234 e. The van der Waals surface area contributed by atoms with E-state index in [4.69, 9.17) is 16.3 Å². The molecule has 0 saturated carbocycles. The van der Waals surface area contributed by atoms with E-state index in [0.717, 1.165) is 28.4 Å². The van der Waals surface area contributed by atoms with Gasteiger partial charge in [0.05, 0.1) is 12.9 Å². The zero-order chi connectivity index (χ0) is 23.2. The highest BCUT2D eigenvalue weighted by molar-refractivity contribution is 7.99. The summed E-state index contributed by atoms with van der Waals surface area (Å²) in [5, 5.41) is 13.0. The Morgan fingerprint density at radius 2 is 1.79 bits per heavy atom. The minimum Gasteiger partial charge on any atom is -0.497 e. The number of halogens is 1. The van der Waals surface area contributed by atoms with Gasteiger partial charge < -0.3 is 10.1 Å².